The minimum Gasteiger partial charge on any atom is -0.256 e. The van der Waals surface area contributed by atoms with Crippen LogP contribution in [0.15, 0.2) is 37.2 Å². The maximum atomic E-state index is 14.8. The third kappa shape index (κ3) is 2.59. The first-order valence-electron chi connectivity index (χ1n) is 8.04. The Hall–Kier alpha value is -3.29. The van der Waals surface area contributed by atoms with Crippen LogP contribution in [0.3, 0.4) is 0 Å². The highest BCUT2D eigenvalue weighted by Gasteiger charge is 2.18. The average molecular weight is 352 g/mol. The molecule has 4 aromatic rings. The first-order valence-corrected chi connectivity index (χ1v) is 8.04. The molecule has 8 heteroatoms. The summed E-state index contributed by atoms with van der Waals surface area (Å²) in [6.45, 7) is 5.73. The van der Waals surface area contributed by atoms with Gasteiger partial charge >= 0.3 is 0 Å². The molecule has 0 unspecified atom stereocenters. The highest BCUT2D eigenvalue weighted by atomic mass is 19.1. The van der Waals surface area contributed by atoms with Crippen LogP contribution >= 0.6 is 0 Å². The summed E-state index contributed by atoms with van der Waals surface area (Å²) in [5, 5.41) is 8.11. The predicted octanol–water partition coefficient (Wildman–Crippen LogP) is 3.52. The number of halogens is 2. The molecule has 0 atom stereocenters. The lowest BCUT2D eigenvalue weighted by atomic mass is 10.1. The van der Waals surface area contributed by atoms with Crippen molar-refractivity contribution in [1.29, 1.82) is 0 Å². The molecule has 0 saturated heterocycles. The van der Waals surface area contributed by atoms with Crippen molar-refractivity contribution < 1.29 is 8.78 Å². The lowest BCUT2D eigenvalue weighted by Gasteiger charge is -2.08. The molecule has 6 nitrogen and oxygen atoms in total. The summed E-state index contributed by atoms with van der Waals surface area (Å²) in [5.74, 6) is -1.36. The second-order valence-corrected chi connectivity index (χ2v) is 5.83. The van der Waals surface area contributed by atoms with Gasteiger partial charge in [-0.25, -0.2) is 23.4 Å². The van der Waals surface area contributed by atoms with Gasteiger partial charge in [-0.3, -0.25) is 4.98 Å². The van der Waals surface area contributed by atoms with Gasteiger partial charge in [0.25, 0.3) is 0 Å². The van der Waals surface area contributed by atoms with E-state index in [2.05, 4.69) is 31.8 Å². The van der Waals surface area contributed by atoms with Crippen LogP contribution in [-0.4, -0.2) is 29.9 Å². The number of pyridine rings is 1. The number of benzene rings is 1. The van der Waals surface area contributed by atoms with E-state index in [4.69, 9.17) is 0 Å². The Morgan fingerprint density at radius 2 is 2.12 bits per heavy atom. The van der Waals surface area contributed by atoms with E-state index in [1.807, 2.05) is 6.92 Å². The Kier molecular flexibility index (Phi) is 3.87. The van der Waals surface area contributed by atoms with Gasteiger partial charge in [0.05, 0.1) is 24.0 Å². The Balaban J connectivity index is 1.82. The molecule has 0 aliphatic rings. The maximum absolute atomic E-state index is 14.8. The summed E-state index contributed by atoms with van der Waals surface area (Å²) in [6.07, 6.45) is 3.77. The molecule has 0 N–H and O–H groups in total. The van der Waals surface area contributed by atoms with Gasteiger partial charge in [0, 0.05) is 23.2 Å². The normalized spacial score (nSPS) is 11.3. The molecular formula is C18H14F2N6. The number of hydrogen-bond acceptors (Lipinski definition) is 5. The molecule has 3 aromatic heterocycles. The van der Waals surface area contributed by atoms with Crippen LogP contribution in [0, 0.1) is 11.6 Å². The highest BCUT2D eigenvalue weighted by Crippen LogP contribution is 2.24. The number of allylic oxidation sites excluding steroid dienone is 1. The topological polar surface area (TPSA) is 69.4 Å². The van der Waals surface area contributed by atoms with Crippen LogP contribution < -0.4 is 0 Å². The molecule has 3 heterocycles. The molecule has 0 aliphatic carbocycles. The van der Waals surface area contributed by atoms with E-state index in [-0.39, 0.29) is 23.0 Å². The number of aromatic nitrogens is 6. The van der Waals surface area contributed by atoms with Crippen LogP contribution in [0.5, 0.6) is 0 Å². The van der Waals surface area contributed by atoms with Crippen molar-refractivity contribution in [2.24, 2.45) is 0 Å². The van der Waals surface area contributed by atoms with Crippen molar-refractivity contribution in [3.8, 4) is 0 Å². The van der Waals surface area contributed by atoms with Crippen molar-refractivity contribution in [1.82, 2.24) is 29.9 Å². The second-order valence-electron chi connectivity index (χ2n) is 5.83. The molecule has 26 heavy (non-hydrogen) atoms. The van der Waals surface area contributed by atoms with E-state index in [9.17, 15) is 8.78 Å². The summed E-state index contributed by atoms with van der Waals surface area (Å²) < 4.78 is 30.6. The van der Waals surface area contributed by atoms with Gasteiger partial charge in [-0.1, -0.05) is 18.7 Å². The van der Waals surface area contributed by atoms with Gasteiger partial charge < -0.3 is 0 Å². The standard InChI is InChI=1S/C18H14F2N6/c1-3-10(2)15-8-22-17-18(23-15)26(25-24-17)9-12-13(19)7-14-11(16(12)20)5-4-6-21-14/h4-8H,2-3,9H2,1H3. The van der Waals surface area contributed by atoms with Gasteiger partial charge in [0.2, 0.25) is 5.65 Å². The number of nitrogens with zero attached hydrogens (tertiary/aromatic N) is 6. The molecule has 0 bridgehead atoms. The SMILES string of the molecule is C=C(CC)c1cnc2nnn(Cc3c(F)cc4ncccc4c3F)c2n1. The summed E-state index contributed by atoms with van der Waals surface area (Å²) >= 11 is 0. The van der Waals surface area contributed by atoms with Crippen molar-refractivity contribution in [2.75, 3.05) is 0 Å². The van der Waals surface area contributed by atoms with Crippen LogP contribution in [0.1, 0.15) is 24.6 Å². The summed E-state index contributed by atoms with van der Waals surface area (Å²) in [5.41, 5.74) is 2.20. The van der Waals surface area contributed by atoms with E-state index < -0.39 is 11.6 Å². The lowest BCUT2D eigenvalue weighted by molar-refractivity contribution is 0.538. The highest BCUT2D eigenvalue weighted by molar-refractivity contribution is 5.80. The predicted molar refractivity (Wildman–Crippen MR) is 93.2 cm³/mol. The minimum atomic E-state index is -0.695. The van der Waals surface area contributed by atoms with Gasteiger partial charge in [-0.05, 0) is 24.1 Å². The Morgan fingerprint density at radius 3 is 2.92 bits per heavy atom. The first-order chi connectivity index (χ1) is 12.6. The molecule has 0 fully saturated rings. The Labute approximate surface area is 147 Å². The fourth-order valence-electron chi connectivity index (χ4n) is 2.70. The molecule has 4 rings (SSSR count). The van der Waals surface area contributed by atoms with Crippen molar-refractivity contribution in [3.63, 3.8) is 0 Å². The van der Waals surface area contributed by atoms with Crippen LogP contribution in [0.4, 0.5) is 8.78 Å². The molecule has 0 amide bonds. The largest absolute Gasteiger partial charge is 0.256 e. The zero-order valence-corrected chi connectivity index (χ0v) is 13.9. The smallest absolute Gasteiger partial charge is 0.221 e. The monoisotopic (exact) mass is 352 g/mol. The summed E-state index contributed by atoms with van der Waals surface area (Å²) in [6, 6.07) is 4.37. The van der Waals surface area contributed by atoms with Crippen molar-refractivity contribution in [3.05, 3.63) is 60.1 Å². The van der Waals surface area contributed by atoms with Crippen molar-refractivity contribution in [2.45, 2.75) is 19.9 Å². The van der Waals surface area contributed by atoms with Gasteiger partial charge in [0.1, 0.15) is 11.6 Å². The molecule has 1 aromatic carbocycles. The molecule has 0 spiro atoms. The van der Waals surface area contributed by atoms with Crippen LogP contribution in [0.25, 0.3) is 27.8 Å². The third-order valence-electron chi connectivity index (χ3n) is 4.22. The fraction of sp³-hybridized carbons (Fsp3) is 0.167. The lowest BCUT2D eigenvalue weighted by Crippen LogP contribution is -2.08. The molecule has 0 aliphatic heterocycles. The summed E-state index contributed by atoms with van der Waals surface area (Å²) in [7, 11) is 0. The van der Waals surface area contributed by atoms with Crippen molar-refractivity contribution >= 4 is 27.8 Å². The molecular weight excluding hydrogens is 338 g/mol. The third-order valence-corrected chi connectivity index (χ3v) is 4.22. The summed E-state index contributed by atoms with van der Waals surface area (Å²) in [4.78, 5) is 12.6. The van der Waals surface area contributed by atoms with E-state index in [0.29, 0.717) is 23.4 Å². The van der Waals surface area contributed by atoms with Crippen LogP contribution in [-0.2, 0) is 6.54 Å². The van der Waals surface area contributed by atoms with Gasteiger partial charge in [-0.2, -0.15) is 0 Å². The molecule has 0 radical (unpaired) electrons. The Bertz CT molecular complexity index is 1150. The van der Waals surface area contributed by atoms with Crippen LogP contribution in [0.2, 0.25) is 0 Å². The number of hydrogen-bond donors (Lipinski definition) is 0. The number of fused-ring (bicyclic) bond motifs is 2. The fourth-order valence-corrected chi connectivity index (χ4v) is 2.70. The second kappa shape index (κ2) is 6.21. The van der Waals surface area contributed by atoms with E-state index in [1.54, 1.807) is 18.3 Å². The van der Waals surface area contributed by atoms with E-state index in [0.717, 1.165) is 5.57 Å². The zero-order chi connectivity index (χ0) is 18.3. The quantitative estimate of drug-likeness (QED) is 0.562. The van der Waals surface area contributed by atoms with E-state index in [1.165, 1.54) is 16.9 Å². The zero-order valence-electron chi connectivity index (χ0n) is 13.9. The minimum absolute atomic E-state index is 0.126. The van der Waals surface area contributed by atoms with E-state index >= 15 is 0 Å². The van der Waals surface area contributed by atoms with Gasteiger partial charge in [0.15, 0.2) is 5.65 Å². The first kappa shape index (κ1) is 16.2. The Morgan fingerprint density at radius 1 is 1.27 bits per heavy atom. The maximum Gasteiger partial charge on any atom is 0.221 e. The molecule has 0 saturated carbocycles. The average Bonchev–Trinajstić information content (AvgIpc) is 3.06. The molecule has 130 valence electrons. The number of rotatable bonds is 4. The van der Waals surface area contributed by atoms with Gasteiger partial charge in [-0.15, -0.1) is 5.10 Å².